The number of ether oxygens (including phenoxy) is 1. The number of nitrogens with two attached hydrogens (primary N) is 1. The van der Waals surface area contributed by atoms with Crippen molar-refractivity contribution in [2.45, 2.75) is 26.4 Å². The van der Waals surface area contributed by atoms with Gasteiger partial charge in [0.05, 0.1) is 18.5 Å². The van der Waals surface area contributed by atoms with E-state index >= 15 is 0 Å². The number of carbonyl (C=O) groups excluding carboxylic acids is 1. The molecule has 1 fully saturated rings. The molecule has 3 rings (SSSR count). The molecule has 7 nitrogen and oxygen atoms in total. The van der Waals surface area contributed by atoms with E-state index in [1.54, 1.807) is 4.90 Å². The van der Waals surface area contributed by atoms with E-state index in [1.165, 1.54) is 12.3 Å². The lowest BCUT2D eigenvalue weighted by atomic mass is 10.1. The Morgan fingerprint density at radius 1 is 1.30 bits per heavy atom. The first-order valence-electron chi connectivity index (χ1n) is 8.82. The number of carboxylic acid groups (broad SMARTS) is 1. The molecule has 1 saturated heterocycles. The quantitative estimate of drug-likeness (QED) is 0.836. The van der Waals surface area contributed by atoms with Crippen LogP contribution in [-0.2, 0) is 11.2 Å². The second-order valence-corrected chi connectivity index (χ2v) is 7.01. The molecule has 27 heavy (non-hydrogen) atoms. The largest absolute Gasteiger partial charge is 0.484 e. The fourth-order valence-corrected chi connectivity index (χ4v) is 3.12. The summed E-state index contributed by atoms with van der Waals surface area (Å²) in [4.78, 5) is 29.4. The number of nitrogens with zero attached hydrogens (tertiary/aromatic N) is 2. The number of pyridine rings is 1. The van der Waals surface area contributed by atoms with Crippen LogP contribution in [0.1, 0.15) is 28.4 Å². The van der Waals surface area contributed by atoms with Crippen LogP contribution >= 0.6 is 0 Å². The molecule has 142 valence electrons. The Hall–Kier alpha value is -3.09. The van der Waals surface area contributed by atoms with Gasteiger partial charge in [-0.1, -0.05) is 36.8 Å². The Bertz CT molecular complexity index is 851. The summed E-state index contributed by atoms with van der Waals surface area (Å²) in [7, 11) is 0. The van der Waals surface area contributed by atoms with Gasteiger partial charge in [-0.15, -0.1) is 0 Å². The highest BCUT2D eigenvalue weighted by molar-refractivity contribution is 5.88. The number of carbonyl (C=O) groups is 2. The van der Waals surface area contributed by atoms with Gasteiger partial charge in [0.15, 0.2) is 11.6 Å². The monoisotopic (exact) mass is 369 g/mol. The minimum atomic E-state index is -1.10. The van der Waals surface area contributed by atoms with Gasteiger partial charge in [-0.3, -0.25) is 4.79 Å². The number of carboxylic acids is 1. The second kappa shape index (κ2) is 7.65. The van der Waals surface area contributed by atoms with Crippen molar-refractivity contribution in [3.05, 3.63) is 53.2 Å². The highest BCUT2D eigenvalue weighted by Crippen LogP contribution is 2.27. The molecule has 1 aromatic carbocycles. The third kappa shape index (κ3) is 4.36. The molecule has 0 radical (unpaired) electrons. The minimum absolute atomic E-state index is 0.0113. The van der Waals surface area contributed by atoms with Gasteiger partial charge >= 0.3 is 5.97 Å². The first kappa shape index (κ1) is 18.7. The summed E-state index contributed by atoms with van der Waals surface area (Å²) in [6.45, 7) is 5.02. The highest BCUT2D eigenvalue weighted by atomic mass is 16.5. The molecule has 3 N–H and O–H groups in total. The van der Waals surface area contributed by atoms with Gasteiger partial charge in [-0.25, -0.2) is 9.78 Å². The SMILES string of the molecule is Cc1ccc(CC(=O)N2C[C@H](Oc3cc(C(=O)O)cnc3N)[C@@H](C)C2)cc1. The van der Waals surface area contributed by atoms with E-state index in [2.05, 4.69) is 4.98 Å². The van der Waals surface area contributed by atoms with E-state index in [0.717, 1.165) is 11.1 Å². The Labute approximate surface area is 157 Å². The van der Waals surface area contributed by atoms with Gasteiger partial charge in [-0.2, -0.15) is 0 Å². The molecule has 1 aromatic heterocycles. The summed E-state index contributed by atoms with van der Waals surface area (Å²) in [6, 6.07) is 9.28. The summed E-state index contributed by atoms with van der Waals surface area (Å²) in [6.07, 6.45) is 1.28. The number of aromatic carboxylic acids is 1. The van der Waals surface area contributed by atoms with E-state index in [0.29, 0.717) is 19.5 Å². The summed E-state index contributed by atoms with van der Waals surface area (Å²) in [5.74, 6) is -0.583. The maximum absolute atomic E-state index is 12.6. The minimum Gasteiger partial charge on any atom is -0.484 e. The third-order valence-electron chi connectivity index (χ3n) is 4.78. The van der Waals surface area contributed by atoms with Crippen molar-refractivity contribution < 1.29 is 19.4 Å². The lowest BCUT2D eigenvalue weighted by molar-refractivity contribution is -0.129. The summed E-state index contributed by atoms with van der Waals surface area (Å²) in [5.41, 5.74) is 7.96. The average Bonchev–Trinajstić information content (AvgIpc) is 2.99. The van der Waals surface area contributed by atoms with Gasteiger partial charge in [-0.05, 0) is 12.5 Å². The molecule has 0 bridgehead atoms. The Morgan fingerprint density at radius 2 is 2.00 bits per heavy atom. The zero-order chi connectivity index (χ0) is 19.6. The number of aromatic nitrogens is 1. The van der Waals surface area contributed by atoms with Crippen LogP contribution in [-0.4, -0.2) is 46.1 Å². The first-order valence-corrected chi connectivity index (χ1v) is 8.82. The molecule has 2 aromatic rings. The van der Waals surface area contributed by atoms with Crippen LogP contribution in [0.5, 0.6) is 5.75 Å². The Morgan fingerprint density at radius 3 is 2.67 bits per heavy atom. The lowest BCUT2D eigenvalue weighted by Crippen LogP contribution is -2.32. The molecule has 0 saturated carbocycles. The van der Waals surface area contributed by atoms with Crippen LogP contribution in [0.25, 0.3) is 0 Å². The van der Waals surface area contributed by atoms with Gasteiger partial charge < -0.3 is 20.5 Å². The zero-order valence-corrected chi connectivity index (χ0v) is 15.4. The van der Waals surface area contributed by atoms with Gasteiger partial charge in [0.2, 0.25) is 5.91 Å². The number of hydrogen-bond acceptors (Lipinski definition) is 5. The molecular weight excluding hydrogens is 346 g/mol. The van der Waals surface area contributed by atoms with Crippen LogP contribution in [0.2, 0.25) is 0 Å². The molecular formula is C20H23N3O4. The summed E-state index contributed by atoms with van der Waals surface area (Å²) < 4.78 is 5.91. The maximum Gasteiger partial charge on any atom is 0.337 e. The van der Waals surface area contributed by atoms with E-state index in [1.807, 2.05) is 38.1 Å². The number of benzene rings is 1. The molecule has 2 atom stereocenters. The first-order chi connectivity index (χ1) is 12.8. The predicted octanol–water partition coefficient (Wildman–Crippen LogP) is 2.14. The Kier molecular flexibility index (Phi) is 5.30. The number of aryl methyl sites for hydroxylation is 1. The fraction of sp³-hybridized carbons (Fsp3) is 0.350. The molecule has 1 amide bonds. The maximum atomic E-state index is 12.6. The highest BCUT2D eigenvalue weighted by Gasteiger charge is 2.34. The molecule has 0 aliphatic carbocycles. The number of rotatable bonds is 5. The third-order valence-corrected chi connectivity index (χ3v) is 4.78. The van der Waals surface area contributed by atoms with Crippen molar-refractivity contribution in [2.24, 2.45) is 5.92 Å². The standard InChI is InChI=1S/C20H23N3O4/c1-12-3-5-14(6-4-12)7-18(24)23-10-13(2)17(11-23)27-16-8-15(20(25)26)9-22-19(16)21/h3-6,8-9,13,17H,7,10-11H2,1-2H3,(H2,21,22)(H,25,26)/t13-,17-/m0/s1. The molecule has 1 aliphatic rings. The normalized spacial score (nSPS) is 19.1. The van der Waals surface area contributed by atoms with E-state index in [4.69, 9.17) is 15.6 Å². The fourth-order valence-electron chi connectivity index (χ4n) is 3.12. The van der Waals surface area contributed by atoms with Gasteiger partial charge in [0.25, 0.3) is 0 Å². The number of nitrogen functional groups attached to an aromatic ring is 1. The lowest BCUT2D eigenvalue weighted by Gasteiger charge is -2.19. The van der Waals surface area contributed by atoms with Crippen LogP contribution in [0, 0.1) is 12.8 Å². The molecule has 7 heteroatoms. The number of likely N-dealkylation sites (tertiary alicyclic amines) is 1. The van der Waals surface area contributed by atoms with Crippen molar-refractivity contribution in [1.29, 1.82) is 0 Å². The predicted molar refractivity (Wildman–Crippen MR) is 101 cm³/mol. The van der Waals surface area contributed by atoms with Gasteiger partial charge in [0, 0.05) is 24.7 Å². The number of hydrogen-bond donors (Lipinski definition) is 2. The van der Waals surface area contributed by atoms with E-state index in [-0.39, 0.29) is 35.1 Å². The van der Waals surface area contributed by atoms with Crippen LogP contribution in [0.4, 0.5) is 5.82 Å². The smallest absolute Gasteiger partial charge is 0.337 e. The Balaban J connectivity index is 1.66. The van der Waals surface area contributed by atoms with E-state index in [9.17, 15) is 9.59 Å². The van der Waals surface area contributed by atoms with Crippen molar-refractivity contribution in [3.63, 3.8) is 0 Å². The van der Waals surface area contributed by atoms with Crippen molar-refractivity contribution in [3.8, 4) is 5.75 Å². The van der Waals surface area contributed by atoms with Crippen LogP contribution in [0.3, 0.4) is 0 Å². The van der Waals surface area contributed by atoms with Gasteiger partial charge in [0.1, 0.15) is 6.10 Å². The van der Waals surface area contributed by atoms with Crippen molar-refractivity contribution in [2.75, 3.05) is 18.8 Å². The zero-order valence-electron chi connectivity index (χ0n) is 15.4. The number of amides is 1. The number of anilines is 1. The summed E-state index contributed by atoms with van der Waals surface area (Å²) in [5, 5.41) is 9.10. The second-order valence-electron chi connectivity index (χ2n) is 7.01. The molecule has 1 aliphatic heterocycles. The molecule has 0 unspecified atom stereocenters. The van der Waals surface area contributed by atoms with Crippen LogP contribution in [0.15, 0.2) is 36.5 Å². The van der Waals surface area contributed by atoms with Crippen LogP contribution < -0.4 is 10.5 Å². The van der Waals surface area contributed by atoms with Crippen molar-refractivity contribution in [1.82, 2.24) is 9.88 Å². The molecule has 2 heterocycles. The van der Waals surface area contributed by atoms with Crippen molar-refractivity contribution >= 4 is 17.7 Å². The summed E-state index contributed by atoms with van der Waals surface area (Å²) >= 11 is 0. The average molecular weight is 369 g/mol. The topological polar surface area (TPSA) is 106 Å². The van der Waals surface area contributed by atoms with E-state index < -0.39 is 5.97 Å². The molecule has 0 spiro atoms.